The lowest BCUT2D eigenvalue weighted by Gasteiger charge is -2.23. The minimum Gasteiger partial charge on any atom is -0.508 e. The molecule has 2 aromatic rings. The zero-order valence-electron chi connectivity index (χ0n) is 13.8. The summed E-state index contributed by atoms with van der Waals surface area (Å²) in [6, 6.07) is 10.6. The number of hydrogen-bond donors (Lipinski definition) is 2. The van der Waals surface area contributed by atoms with E-state index in [-0.39, 0.29) is 23.1 Å². The number of hydrogen-bond acceptors (Lipinski definition) is 4. The first-order chi connectivity index (χ1) is 11.3. The molecule has 0 heterocycles. The maximum atomic E-state index is 12.9. The van der Waals surface area contributed by atoms with E-state index in [2.05, 4.69) is 5.32 Å². The number of carbonyl (C=O) groups is 1. The van der Waals surface area contributed by atoms with Gasteiger partial charge in [-0.3, -0.25) is 9.10 Å². The van der Waals surface area contributed by atoms with Crippen LogP contribution in [0.4, 0.5) is 11.4 Å². The van der Waals surface area contributed by atoms with Crippen LogP contribution in [0.15, 0.2) is 47.4 Å². The van der Waals surface area contributed by atoms with Gasteiger partial charge in [-0.2, -0.15) is 0 Å². The summed E-state index contributed by atoms with van der Waals surface area (Å²) in [7, 11) is -3.79. The highest BCUT2D eigenvalue weighted by Crippen LogP contribution is 2.27. The zero-order valence-corrected chi connectivity index (χ0v) is 14.6. The quantitative estimate of drug-likeness (QED) is 0.870. The minimum atomic E-state index is -3.79. The number of phenolic OH excluding ortho intramolecular Hbond substituents is 1. The fourth-order valence-electron chi connectivity index (χ4n) is 2.32. The maximum Gasteiger partial charge on any atom is 0.264 e. The average Bonchev–Trinajstić information content (AvgIpc) is 2.51. The third-order valence-corrected chi connectivity index (χ3v) is 5.43. The lowest BCUT2D eigenvalue weighted by molar-refractivity contribution is -0.114. The van der Waals surface area contributed by atoms with Crippen molar-refractivity contribution >= 4 is 27.3 Å². The molecule has 2 aromatic carbocycles. The van der Waals surface area contributed by atoms with Crippen molar-refractivity contribution in [3.8, 4) is 5.75 Å². The van der Waals surface area contributed by atoms with Crippen molar-refractivity contribution in [1.29, 1.82) is 0 Å². The Morgan fingerprint density at radius 2 is 1.79 bits per heavy atom. The van der Waals surface area contributed by atoms with Gasteiger partial charge in [-0.05, 0) is 55.8 Å². The number of carbonyl (C=O) groups excluding carboxylic acids is 1. The standard InChI is InChI=1S/C17H20N2O4S/c1-4-19(14-6-8-15(21)9-7-14)24(22,23)16-10-5-12(2)17(11-16)18-13(3)20/h5-11,21H,4H2,1-3H3,(H,18,20). The van der Waals surface area contributed by atoms with Gasteiger partial charge in [0.1, 0.15) is 5.75 Å². The zero-order chi connectivity index (χ0) is 17.9. The van der Waals surface area contributed by atoms with E-state index < -0.39 is 10.0 Å². The molecule has 0 spiro atoms. The van der Waals surface area contributed by atoms with Gasteiger partial charge in [0, 0.05) is 19.2 Å². The molecule has 128 valence electrons. The first-order valence-electron chi connectivity index (χ1n) is 7.45. The molecule has 0 saturated heterocycles. The van der Waals surface area contributed by atoms with Crippen LogP contribution in [0, 0.1) is 6.92 Å². The molecule has 0 aliphatic carbocycles. The van der Waals surface area contributed by atoms with E-state index in [4.69, 9.17) is 0 Å². The van der Waals surface area contributed by atoms with E-state index >= 15 is 0 Å². The van der Waals surface area contributed by atoms with Gasteiger partial charge in [0.15, 0.2) is 0 Å². The molecule has 0 saturated carbocycles. The Kier molecular flexibility index (Phi) is 5.14. The third-order valence-electron chi connectivity index (χ3n) is 3.53. The van der Waals surface area contributed by atoms with Gasteiger partial charge in [-0.15, -0.1) is 0 Å². The Morgan fingerprint density at radius 3 is 2.33 bits per heavy atom. The molecule has 24 heavy (non-hydrogen) atoms. The van der Waals surface area contributed by atoms with Gasteiger partial charge in [-0.25, -0.2) is 8.42 Å². The molecule has 6 nitrogen and oxygen atoms in total. The molecule has 0 fully saturated rings. The van der Waals surface area contributed by atoms with Crippen LogP contribution in [0.2, 0.25) is 0 Å². The predicted octanol–water partition coefficient (Wildman–Crippen LogP) is 2.87. The topological polar surface area (TPSA) is 86.7 Å². The van der Waals surface area contributed by atoms with Crippen molar-refractivity contribution in [3.63, 3.8) is 0 Å². The summed E-state index contributed by atoms with van der Waals surface area (Å²) in [6.45, 7) is 5.12. The van der Waals surface area contributed by atoms with Gasteiger partial charge >= 0.3 is 0 Å². The van der Waals surface area contributed by atoms with E-state index in [1.165, 1.54) is 35.5 Å². The van der Waals surface area contributed by atoms with E-state index in [9.17, 15) is 18.3 Å². The highest BCUT2D eigenvalue weighted by molar-refractivity contribution is 7.92. The second-order valence-corrected chi connectivity index (χ2v) is 7.21. The maximum absolute atomic E-state index is 12.9. The molecule has 1 amide bonds. The monoisotopic (exact) mass is 348 g/mol. The molecule has 7 heteroatoms. The van der Waals surface area contributed by atoms with Crippen LogP contribution in [0.5, 0.6) is 5.75 Å². The van der Waals surface area contributed by atoms with Gasteiger partial charge in [-0.1, -0.05) is 6.07 Å². The molecule has 0 bridgehead atoms. The number of aromatic hydroxyl groups is 1. The normalized spacial score (nSPS) is 11.1. The second-order valence-electron chi connectivity index (χ2n) is 5.34. The number of nitrogens with zero attached hydrogens (tertiary/aromatic N) is 1. The second kappa shape index (κ2) is 6.92. The number of phenols is 1. The molecule has 0 aliphatic rings. The smallest absolute Gasteiger partial charge is 0.264 e. The number of amides is 1. The fraction of sp³-hybridized carbons (Fsp3) is 0.235. The van der Waals surface area contributed by atoms with Gasteiger partial charge in [0.05, 0.1) is 10.6 Å². The molecule has 0 unspecified atom stereocenters. The highest BCUT2D eigenvalue weighted by Gasteiger charge is 2.24. The van der Waals surface area contributed by atoms with Crippen molar-refractivity contribution in [2.75, 3.05) is 16.2 Å². The van der Waals surface area contributed by atoms with Gasteiger partial charge in [0.2, 0.25) is 5.91 Å². The number of benzene rings is 2. The van der Waals surface area contributed by atoms with Crippen LogP contribution in [0.1, 0.15) is 19.4 Å². The molecular formula is C17H20N2O4S. The summed E-state index contributed by atoms with van der Waals surface area (Å²) >= 11 is 0. The largest absolute Gasteiger partial charge is 0.508 e. The van der Waals surface area contributed by atoms with Crippen molar-refractivity contribution in [2.24, 2.45) is 0 Å². The fourth-order valence-corrected chi connectivity index (χ4v) is 3.82. The van der Waals surface area contributed by atoms with Crippen molar-refractivity contribution in [3.05, 3.63) is 48.0 Å². The van der Waals surface area contributed by atoms with Crippen molar-refractivity contribution in [1.82, 2.24) is 0 Å². The van der Waals surface area contributed by atoms with Crippen LogP contribution in [-0.2, 0) is 14.8 Å². The summed E-state index contributed by atoms with van der Waals surface area (Å²) in [4.78, 5) is 11.4. The van der Waals surface area contributed by atoms with Crippen LogP contribution in [0.25, 0.3) is 0 Å². The first-order valence-corrected chi connectivity index (χ1v) is 8.89. The van der Waals surface area contributed by atoms with Crippen molar-refractivity contribution < 1.29 is 18.3 Å². The van der Waals surface area contributed by atoms with E-state index in [1.54, 1.807) is 32.0 Å². The summed E-state index contributed by atoms with van der Waals surface area (Å²) in [6.07, 6.45) is 0. The van der Waals surface area contributed by atoms with E-state index in [1.807, 2.05) is 0 Å². The van der Waals surface area contributed by atoms with E-state index in [0.29, 0.717) is 11.4 Å². The van der Waals surface area contributed by atoms with Crippen LogP contribution in [-0.4, -0.2) is 26.0 Å². The van der Waals surface area contributed by atoms with Gasteiger partial charge < -0.3 is 10.4 Å². The Hall–Kier alpha value is -2.54. The SMILES string of the molecule is CCN(c1ccc(O)cc1)S(=O)(=O)c1ccc(C)c(NC(C)=O)c1. The number of nitrogens with one attached hydrogen (secondary N) is 1. The van der Waals surface area contributed by atoms with Gasteiger partial charge in [0.25, 0.3) is 10.0 Å². The van der Waals surface area contributed by atoms with Crippen molar-refractivity contribution in [2.45, 2.75) is 25.7 Å². The molecule has 2 rings (SSSR count). The summed E-state index contributed by atoms with van der Waals surface area (Å²) in [5.41, 5.74) is 1.69. The number of aryl methyl sites for hydroxylation is 1. The molecule has 0 radical (unpaired) electrons. The lowest BCUT2D eigenvalue weighted by Crippen LogP contribution is -2.30. The number of sulfonamides is 1. The Morgan fingerprint density at radius 1 is 1.17 bits per heavy atom. The summed E-state index contributed by atoms with van der Waals surface area (Å²) in [5.74, 6) is -0.200. The average molecular weight is 348 g/mol. The molecular weight excluding hydrogens is 328 g/mol. The number of anilines is 2. The summed E-state index contributed by atoms with van der Waals surface area (Å²) in [5, 5.41) is 12.0. The predicted molar refractivity (Wildman–Crippen MR) is 93.8 cm³/mol. The Bertz CT molecular complexity index is 845. The summed E-state index contributed by atoms with van der Waals surface area (Å²) < 4.78 is 27.1. The Balaban J connectivity index is 2.48. The first kappa shape index (κ1) is 17.8. The minimum absolute atomic E-state index is 0.0653. The molecule has 2 N–H and O–H groups in total. The molecule has 0 atom stereocenters. The molecule has 0 aromatic heterocycles. The highest BCUT2D eigenvalue weighted by atomic mass is 32.2. The van der Waals surface area contributed by atoms with Crippen LogP contribution >= 0.6 is 0 Å². The number of rotatable bonds is 5. The van der Waals surface area contributed by atoms with Crippen LogP contribution in [0.3, 0.4) is 0 Å². The molecule has 0 aliphatic heterocycles. The van der Waals surface area contributed by atoms with E-state index in [0.717, 1.165) is 5.56 Å². The Labute approximate surface area is 141 Å². The third kappa shape index (κ3) is 3.68. The lowest BCUT2D eigenvalue weighted by atomic mass is 10.2. The van der Waals surface area contributed by atoms with Crippen LogP contribution < -0.4 is 9.62 Å².